The normalized spacial score (nSPS) is 12.0. The van der Waals surface area contributed by atoms with Crippen LogP contribution in [0.2, 0.25) is 0 Å². The number of nitro groups is 1. The van der Waals surface area contributed by atoms with E-state index in [9.17, 15) is 18.7 Å². The van der Waals surface area contributed by atoms with Gasteiger partial charge in [-0.15, -0.1) is 0 Å². The Morgan fingerprint density at radius 2 is 1.95 bits per heavy atom. The third-order valence-corrected chi connectivity index (χ3v) is 4.24. The third kappa shape index (κ3) is 3.85. The van der Waals surface area contributed by atoms with E-state index in [4.69, 9.17) is 5.73 Å². The molecule has 0 aliphatic rings. The lowest BCUT2D eigenvalue weighted by Gasteiger charge is -2.05. The molecule has 0 aliphatic heterocycles. The summed E-state index contributed by atoms with van der Waals surface area (Å²) in [5, 5.41) is 10.9. The van der Waals surface area contributed by atoms with Crippen molar-refractivity contribution in [2.75, 3.05) is 11.5 Å². The van der Waals surface area contributed by atoms with Gasteiger partial charge in [0, 0.05) is 28.0 Å². The van der Waals surface area contributed by atoms with E-state index in [0.29, 0.717) is 5.56 Å². The summed E-state index contributed by atoms with van der Waals surface area (Å²) in [6, 6.07) is 10.0. The molecular formula is C14H13FN2O3S. The molecule has 1 unspecified atom stereocenters. The second-order valence-corrected chi connectivity index (χ2v) is 5.98. The number of nitrogens with zero attached hydrogens (tertiary/aromatic N) is 1. The molecule has 1 atom stereocenters. The van der Waals surface area contributed by atoms with Crippen LogP contribution in [0.1, 0.15) is 5.56 Å². The van der Waals surface area contributed by atoms with Crippen molar-refractivity contribution in [3.05, 3.63) is 64.0 Å². The van der Waals surface area contributed by atoms with Crippen LogP contribution in [0.15, 0.2) is 47.4 Å². The first-order valence-electron chi connectivity index (χ1n) is 6.14. The van der Waals surface area contributed by atoms with Gasteiger partial charge in [0.2, 0.25) is 0 Å². The zero-order chi connectivity index (χ0) is 15.4. The molecule has 0 heterocycles. The summed E-state index contributed by atoms with van der Waals surface area (Å²) in [7, 11) is -1.47. The standard InChI is InChI=1S/C14H13FN2O3S/c15-11-7-12(16)9-13(8-11)21(20)6-5-10-3-1-2-4-14(10)17(18)19/h1-4,7-9H,5-6,16H2. The number of nitrogen functional groups attached to an aromatic ring is 1. The van der Waals surface area contributed by atoms with Gasteiger partial charge in [0.25, 0.3) is 5.69 Å². The fourth-order valence-corrected chi connectivity index (χ4v) is 3.09. The highest BCUT2D eigenvalue weighted by Gasteiger charge is 2.14. The van der Waals surface area contributed by atoms with Crippen LogP contribution in [0.25, 0.3) is 0 Å². The lowest BCUT2D eigenvalue weighted by atomic mass is 10.1. The predicted molar refractivity (Wildman–Crippen MR) is 78.9 cm³/mol. The number of rotatable bonds is 5. The average Bonchev–Trinajstić information content (AvgIpc) is 2.43. The summed E-state index contributed by atoms with van der Waals surface area (Å²) in [6.45, 7) is 0. The quantitative estimate of drug-likeness (QED) is 0.522. The van der Waals surface area contributed by atoms with Crippen molar-refractivity contribution >= 4 is 22.2 Å². The number of nitro benzene ring substituents is 1. The summed E-state index contributed by atoms with van der Waals surface area (Å²) < 4.78 is 25.3. The summed E-state index contributed by atoms with van der Waals surface area (Å²) >= 11 is 0. The van der Waals surface area contributed by atoms with Crippen LogP contribution in [0, 0.1) is 15.9 Å². The topological polar surface area (TPSA) is 86.2 Å². The van der Waals surface area contributed by atoms with E-state index in [0.717, 1.165) is 12.1 Å². The molecule has 2 rings (SSSR count). The highest BCUT2D eigenvalue weighted by Crippen LogP contribution is 2.20. The van der Waals surface area contributed by atoms with Gasteiger partial charge in [-0.25, -0.2) is 4.39 Å². The third-order valence-electron chi connectivity index (χ3n) is 2.90. The van der Waals surface area contributed by atoms with Gasteiger partial charge in [-0.2, -0.15) is 0 Å². The van der Waals surface area contributed by atoms with Gasteiger partial charge < -0.3 is 5.73 Å². The summed E-state index contributed by atoms with van der Waals surface area (Å²) in [5.41, 5.74) is 6.20. The largest absolute Gasteiger partial charge is 0.399 e. The first-order chi connectivity index (χ1) is 9.97. The van der Waals surface area contributed by atoms with Crippen molar-refractivity contribution in [1.82, 2.24) is 0 Å². The van der Waals surface area contributed by atoms with E-state index < -0.39 is 21.5 Å². The zero-order valence-corrected chi connectivity index (χ0v) is 11.8. The molecule has 21 heavy (non-hydrogen) atoms. The fraction of sp³-hybridized carbons (Fsp3) is 0.143. The maximum atomic E-state index is 13.2. The van der Waals surface area contributed by atoms with Crippen molar-refractivity contribution in [3.63, 3.8) is 0 Å². The molecule has 0 radical (unpaired) electrons. The minimum absolute atomic E-state index is 0.00624. The summed E-state index contributed by atoms with van der Waals surface area (Å²) in [5.74, 6) is -0.391. The Kier molecular flexibility index (Phi) is 4.64. The minimum Gasteiger partial charge on any atom is -0.399 e. The van der Waals surface area contributed by atoms with E-state index in [-0.39, 0.29) is 28.4 Å². The number of hydrogen-bond donors (Lipinski definition) is 1. The second kappa shape index (κ2) is 6.45. The van der Waals surface area contributed by atoms with Crippen LogP contribution >= 0.6 is 0 Å². The minimum atomic E-state index is -1.47. The molecule has 0 saturated heterocycles. The van der Waals surface area contributed by atoms with Crippen LogP contribution in [0.3, 0.4) is 0 Å². The molecule has 2 N–H and O–H groups in total. The van der Waals surface area contributed by atoms with E-state index in [1.807, 2.05) is 0 Å². The van der Waals surface area contributed by atoms with Crippen LogP contribution in [-0.2, 0) is 17.2 Å². The van der Waals surface area contributed by atoms with Gasteiger partial charge in [0.15, 0.2) is 0 Å². The SMILES string of the molecule is Nc1cc(F)cc(S(=O)CCc2ccccc2[N+](=O)[O-])c1. The zero-order valence-electron chi connectivity index (χ0n) is 11.0. The number of nitrogens with two attached hydrogens (primary N) is 1. The van der Waals surface area contributed by atoms with Crippen LogP contribution in [-0.4, -0.2) is 14.9 Å². The Morgan fingerprint density at radius 1 is 1.24 bits per heavy atom. The maximum Gasteiger partial charge on any atom is 0.272 e. The number of hydrogen-bond acceptors (Lipinski definition) is 4. The highest BCUT2D eigenvalue weighted by molar-refractivity contribution is 7.85. The molecule has 0 spiro atoms. The summed E-state index contributed by atoms with van der Waals surface area (Å²) in [4.78, 5) is 10.7. The first-order valence-corrected chi connectivity index (χ1v) is 7.46. The van der Waals surface area contributed by atoms with Gasteiger partial charge in [-0.1, -0.05) is 18.2 Å². The van der Waals surface area contributed by atoms with Gasteiger partial charge in [-0.3, -0.25) is 14.3 Å². The lowest BCUT2D eigenvalue weighted by Crippen LogP contribution is -2.05. The lowest BCUT2D eigenvalue weighted by molar-refractivity contribution is -0.385. The molecule has 7 heteroatoms. The van der Waals surface area contributed by atoms with Gasteiger partial charge in [0.05, 0.1) is 15.7 Å². The van der Waals surface area contributed by atoms with Crippen molar-refractivity contribution in [3.8, 4) is 0 Å². The van der Waals surface area contributed by atoms with Gasteiger partial charge >= 0.3 is 0 Å². The first kappa shape index (κ1) is 15.1. The van der Waals surface area contributed by atoms with Crippen molar-refractivity contribution in [2.45, 2.75) is 11.3 Å². The fourth-order valence-electron chi connectivity index (χ4n) is 1.94. The molecule has 0 aromatic heterocycles. The van der Waals surface area contributed by atoms with Crippen LogP contribution in [0.4, 0.5) is 15.8 Å². The molecular weight excluding hydrogens is 295 g/mol. The molecule has 0 amide bonds. The average molecular weight is 308 g/mol. The molecule has 110 valence electrons. The van der Waals surface area contributed by atoms with Crippen molar-refractivity contribution < 1.29 is 13.5 Å². The van der Waals surface area contributed by atoms with Gasteiger partial charge in [-0.05, 0) is 24.6 Å². The van der Waals surface area contributed by atoms with E-state index in [1.54, 1.807) is 18.2 Å². The summed E-state index contributed by atoms with van der Waals surface area (Å²) in [6.07, 6.45) is 0.264. The molecule has 5 nitrogen and oxygen atoms in total. The molecule has 0 fully saturated rings. The molecule has 0 aliphatic carbocycles. The highest BCUT2D eigenvalue weighted by atomic mass is 32.2. The van der Waals surface area contributed by atoms with E-state index in [1.165, 1.54) is 12.1 Å². The van der Waals surface area contributed by atoms with E-state index >= 15 is 0 Å². The van der Waals surface area contributed by atoms with Crippen LogP contribution < -0.4 is 5.73 Å². The van der Waals surface area contributed by atoms with Crippen molar-refractivity contribution in [2.24, 2.45) is 0 Å². The Morgan fingerprint density at radius 3 is 2.62 bits per heavy atom. The number of halogens is 1. The second-order valence-electron chi connectivity index (χ2n) is 4.41. The monoisotopic (exact) mass is 308 g/mol. The van der Waals surface area contributed by atoms with Crippen molar-refractivity contribution in [1.29, 1.82) is 0 Å². The smallest absolute Gasteiger partial charge is 0.272 e. The number of para-hydroxylation sites is 1. The Balaban J connectivity index is 2.13. The van der Waals surface area contributed by atoms with E-state index in [2.05, 4.69) is 0 Å². The molecule has 0 saturated carbocycles. The Bertz CT molecular complexity index is 686. The maximum absolute atomic E-state index is 13.2. The van der Waals surface area contributed by atoms with Crippen LogP contribution in [0.5, 0.6) is 0 Å². The molecule has 2 aromatic rings. The number of aryl methyl sites for hydroxylation is 1. The number of anilines is 1. The number of benzene rings is 2. The Labute approximate surface area is 123 Å². The molecule has 2 aromatic carbocycles. The molecule has 0 bridgehead atoms. The van der Waals surface area contributed by atoms with Gasteiger partial charge in [0.1, 0.15) is 5.82 Å². The Hall–Kier alpha value is -2.28. The predicted octanol–water partition coefficient (Wildman–Crippen LogP) is 2.67.